The molecule has 0 aliphatic rings. The normalized spacial score (nSPS) is 11.2. The molecular formula is C48H33NO. The first-order chi connectivity index (χ1) is 24.8. The molecule has 0 aliphatic carbocycles. The van der Waals surface area contributed by atoms with Crippen LogP contribution in [0.1, 0.15) is 0 Å². The largest absolute Gasteiger partial charge is 0.456 e. The lowest BCUT2D eigenvalue weighted by Gasteiger charge is -2.28. The summed E-state index contributed by atoms with van der Waals surface area (Å²) in [5, 5.41) is 2.27. The Morgan fingerprint density at radius 2 is 0.800 bits per heavy atom. The lowest BCUT2D eigenvalue weighted by molar-refractivity contribution is 0.669. The second kappa shape index (κ2) is 12.8. The first kappa shape index (κ1) is 29.5. The predicted molar refractivity (Wildman–Crippen MR) is 210 cm³/mol. The summed E-state index contributed by atoms with van der Waals surface area (Å²) in [6.07, 6.45) is 0. The van der Waals surface area contributed by atoms with Crippen LogP contribution in [0.4, 0.5) is 17.1 Å². The third-order valence-corrected chi connectivity index (χ3v) is 9.51. The molecule has 1 heterocycles. The minimum Gasteiger partial charge on any atom is -0.456 e. The average molecular weight is 640 g/mol. The summed E-state index contributed by atoms with van der Waals surface area (Å²) in [5.41, 5.74) is 14.6. The standard InChI is InChI=1S/C48H33NO/c1-3-15-35(16-4-1)39-19-7-8-20-40(39)41-21-9-10-22-42(41)43-23-11-13-25-46(43)49(37-17-5-2-6-18-37)38-30-27-34(28-31-38)36-29-32-48-45(33-36)44-24-12-14-26-47(44)50-48/h1-33H. The number of para-hydroxylation sites is 3. The van der Waals surface area contributed by atoms with Gasteiger partial charge in [-0.1, -0.05) is 152 Å². The van der Waals surface area contributed by atoms with Gasteiger partial charge in [-0.3, -0.25) is 0 Å². The first-order valence-corrected chi connectivity index (χ1v) is 17.0. The van der Waals surface area contributed by atoms with Crippen LogP contribution in [0.5, 0.6) is 0 Å². The van der Waals surface area contributed by atoms with Crippen LogP contribution >= 0.6 is 0 Å². The van der Waals surface area contributed by atoms with Gasteiger partial charge in [0.25, 0.3) is 0 Å². The summed E-state index contributed by atoms with van der Waals surface area (Å²) in [7, 11) is 0. The highest BCUT2D eigenvalue weighted by molar-refractivity contribution is 6.06. The summed E-state index contributed by atoms with van der Waals surface area (Å²) in [6, 6.07) is 71.1. The summed E-state index contributed by atoms with van der Waals surface area (Å²) >= 11 is 0. The Labute approximate surface area is 292 Å². The first-order valence-electron chi connectivity index (χ1n) is 17.0. The number of anilines is 3. The Morgan fingerprint density at radius 3 is 1.54 bits per heavy atom. The molecular weight excluding hydrogens is 607 g/mol. The van der Waals surface area contributed by atoms with E-state index in [1.807, 2.05) is 12.1 Å². The Balaban J connectivity index is 1.16. The molecule has 0 N–H and O–H groups in total. The molecule has 0 amide bonds. The van der Waals surface area contributed by atoms with Gasteiger partial charge in [0.15, 0.2) is 0 Å². The predicted octanol–water partition coefficient (Wildman–Crippen LogP) is 13.7. The smallest absolute Gasteiger partial charge is 0.135 e. The third kappa shape index (κ3) is 5.34. The van der Waals surface area contributed by atoms with Gasteiger partial charge in [-0.2, -0.15) is 0 Å². The van der Waals surface area contributed by atoms with Crippen LogP contribution in [0, 0.1) is 0 Å². The van der Waals surface area contributed by atoms with Crippen LogP contribution in [-0.4, -0.2) is 0 Å². The molecule has 9 rings (SSSR count). The van der Waals surface area contributed by atoms with Crippen molar-refractivity contribution in [3.8, 4) is 44.5 Å². The zero-order valence-electron chi connectivity index (χ0n) is 27.4. The van der Waals surface area contributed by atoms with E-state index < -0.39 is 0 Å². The SMILES string of the molecule is c1ccc(-c2ccccc2-c2ccccc2-c2ccccc2N(c2ccccc2)c2ccc(-c3ccc4oc5ccccc5c4c3)cc2)cc1. The molecule has 2 heteroatoms. The average Bonchev–Trinajstić information content (AvgIpc) is 3.57. The fourth-order valence-electron chi connectivity index (χ4n) is 7.15. The summed E-state index contributed by atoms with van der Waals surface area (Å²) in [5.74, 6) is 0. The number of hydrogen-bond acceptors (Lipinski definition) is 2. The molecule has 0 saturated heterocycles. The maximum absolute atomic E-state index is 6.10. The lowest BCUT2D eigenvalue weighted by atomic mass is 9.88. The summed E-state index contributed by atoms with van der Waals surface area (Å²) < 4.78 is 6.10. The van der Waals surface area contributed by atoms with Crippen LogP contribution in [0.2, 0.25) is 0 Å². The molecule has 8 aromatic carbocycles. The number of rotatable bonds is 7. The highest BCUT2D eigenvalue weighted by Crippen LogP contribution is 2.45. The molecule has 0 radical (unpaired) electrons. The van der Waals surface area contributed by atoms with E-state index in [0.29, 0.717) is 0 Å². The van der Waals surface area contributed by atoms with Gasteiger partial charge < -0.3 is 9.32 Å². The number of nitrogens with zero attached hydrogens (tertiary/aromatic N) is 1. The van der Waals surface area contributed by atoms with Crippen molar-refractivity contribution in [2.45, 2.75) is 0 Å². The van der Waals surface area contributed by atoms with Gasteiger partial charge in [0, 0.05) is 27.7 Å². The third-order valence-electron chi connectivity index (χ3n) is 9.51. The van der Waals surface area contributed by atoms with Crippen LogP contribution in [-0.2, 0) is 0 Å². The number of furan rings is 1. The fourth-order valence-corrected chi connectivity index (χ4v) is 7.15. The van der Waals surface area contributed by atoms with Gasteiger partial charge >= 0.3 is 0 Å². The van der Waals surface area contributed by atoms with E-state index in [2.05, 4.69) is 193 Å². The van der Waals surface area contributed by atoms with Crippen LogP contribution in [0.15, 0.2) is 205 Å². The van der Waals surface area contributed by atoms with E-state index in [-0.39, 0.29) is 0 Å². The van der Waals surface area contributed by atoms with E-state index >= 15 is 0 Å². The summed E-state index contributed by atoms with van der Waals surface area (Å²) in [6.45, 7) is 0. The van der Waals surface area contributed by atoms with Gasteiger partial charge in [-0.25, -0.2) is 0 Å². The van der Waals surface area contributed by atoms with Crippen molar-refractivity contribution >= 4 is 39.0 Å². The minimum atomic E-state index is 0.908. The Kier molecular flexibility index (Phi) is 7.53. The highest BCUT2D eigenvalue weighted by atomic mass is 16.3. The topological polar surface area (TPSA) is 16.4 Å². The monoisotopic (exact) mass is 639 g/mol. The van der Waals surface area contributed by atoms with Crippen molar-refractivity contribution in [2.75, 3.05) is 4.90 Å². The number of benzene rings is 8. The second-order valence-corrected chi connectivity index (χ2v) is 12.5. The van der Waals surface area contributed by atoms with Gasteiger partial charge in [-0.15, -0.1) is 0 Å². The molecule has 0 bridgehead atoms. The quantitative estimate of drug-likeness (QED) is 0.173. The maximum Gasteiger partial charge on any atom is 0.135 e. The zero-order valence-corrected chi connectivity index (χ0v) is 27.4. The van der Waals surface area contributed by atoms with Crippen molar-refractivity contribution in [3.05, 3.63) is 200 Å². The Morgan fingerprint density at radius 1 is 0.300 bits per heavy atom. The van der Waals surface area contributed by atoms with Crippen molar-refractivity contribution in [1.82, 2.24) is 0 Å². The molecule has 0 atom stereocenters. The molecule has 236 valence electrons. The van der Waals surface area contributed by atoms with Crippen LogP contribution < -0.4 is 4.90 Å². The van der Waals surface area contributed by atoms with Crippen molar-refractivity contribution in [2.24, 2.45) is 0 Å². The van der Waals surface area contributed by atoms with Gasteiger partial charge in [0.1, 0.15) is 11.2 Å². The van der Waals surface area contributed by atoms with E-state index in [1.54, 1.807) is 0 Å². The number of fused-ring (bicyclic) bond motifs is 3. The maximum atomic E-state index is 6.10. The molecule has 9 aromatic rings. The zero-order chi connectivity index (χ0) is 33.3. The van der Waals surface area contributed by atoms with Gasteiger partial charge in [-0.05, 0) is 87.5 Å². The molecule has 0 spiro atoms. The Hall–Kier alpha value is -6.64. The second-order valence-electron chi connectivity index (χ2n) is 12.5. The molecule has 50 heavy (non-hydrogen) atoms. The van der Waals surface area contributed by atoms with Crippen LogP contribution in [0.3, 0.4) is 0 Å². The number of hydrogen-bond donors (Lipinski definition) is 0. The van der Waals surface area contributed by atoms with E-state index in [0.717, 1.165) is 55.7 Å². The van der Waals surface area contributed by atoms with Crippen LogP contribution in [0.25, 0.3) is 66.4 Å². The van der Waals surface area contributed by atoms with E-state index in [4.69, 9.17) is 4.42 Å². The molecule has 2 nitrogen and oxygen atoms in total. The molecule has 0 unspecified atom stereocenters. The van der Waals surface area contributed by atoms with E-state index in [1.165, 1.54) is 27.8 Å². The lowest BCUT2D eigenvalue weighted by Crippen LogP contribution is -2.11. The van der Waals surface area contributed by atoms with Gasteiger partial charge in [0.05, 0.1) is 5.69 Å². The summed E-state index contributed by atoms with van der Waals surface area (Å²) in [4.78, 5) is 2.37. The van der Waals surface area contributed by atoms with Crippen molar-refractivity contribution < 1.29 is 4.42 Å². The Bertz CT molecular complexity index is 2580. The highest BCUT2D eigenvalue weighted by Gasteiger charge is 2.20. The molecule has 0 aliphatic heterocycles. The van der Waals surface area contributed by atoms with Gasteiger partial charge in [0.2, 0.25) is 0 Å². The van der Waals surface area contributed by atoms with Crippen molar-refractivity contribution in [3.63, 3.8) is 0 Å². The van der Waals surface area contributed by atoms with Crippen molar-refractivity contribution in [1.29, 1.82) is 0 Å². The molecule has 0 fully saturated rings. The molecule has 1 aromatic heterocycles. The van der Waals surface area contributed by atoms with E-state index in [9.17, 15) is 0 Å². The minimum absolute atomic E-state index is 0.908. The molecule has 0 saturated carbocycles. The fraction of sp³-hybridized carbons (Fsp3) is 0.